The number of hydrogen-bond acceptors (Lipinski definition) is 5. The molecule has 6 nitrogen and oxygen atoms in total. The van der Waals surface area contributed by atoms with Gasteiger partial charge in [-0.15, -0.1) is 11.3 Å². The molecule has 0 aliphatic rings. The molecule has 3 rings (SSSR count). The molecule has 0 saturated carbocycles. The van der Waals surface area contributed by atoms with Gasteiger partial charge in [-0.25, -0.2) is 4.98 Å². The molecule has 30 heavy (non-hydrogen) atoms. The number of ether oxygens (including phenoxy) is 1. The fourth-order valence-electron chi connectivity index (χ4n) is 2.55. The maximum atomic E-state index is 13.0. The molecule has 2 amide bonds. The summed E-state index contributed by atoms with van der Waals surface area (Å²) < 4.78 is 44.2. The second-order valence-corrected chi connectivity index (χ2v) is 7.02. The molecule has 156 valence electrons. The van der Waals surface area contributed by atoms with Crippen molar-refractivity contribution in [1.29, 1.82) is 0 Å². The topological polar surface area (TPSA) is 80.3 Å². The number of amides is 2. The number of anilines is 2. The number of nitrogens with zero attached hydrogens (tertiary/aromatic N) is 1. The third-order valence-electron chi connectivity index (χ3n) is 3.98. The van der Waals surface area contributed by atoms with Crippen LogP contribution in [0.2, 0.25) is 0 Å². The molecule has 1 heterocycles. The van der Waals surface area contributed by atoms with Crippen LogP contribution < -0.4 is 15.4 Å². The highest BCUT2D eigenvalue weighted by molar-refractivity contribution is 7.13. The molecule has 0 fully saturated rings. The summed E-state index contributed by atoms with van der Waals surface area (Å²) in [6.45, 7) is 1.21. The van der Waals surface area contributed by atoms with E-state index in [1.54, 1.807) is 31.4 Å². The van der Waals surface area contributed by atoms with Crippen molar-refractivity contribution < 1.29 is 27.5 Å². The van der Waals surface area contributed by atoms with E-state index in [1.165, 1.54) is 23.6 Å². The van der Waals surface area contributed by atoms with E-state index in [1.807, 2.05) is 0 Å². The first-order valence-corrected chi connectivity index (χ1v) is 9.45. The maximum Gasteiger partial charge on any atom is 0.416 e. The number of aromatic nitrogens is 1. The summed E-state index contributed by atoms with van der Waals surface area (Å²) in [4.78, 5) is 28.2. The van der Waals surface area contributed by atoms with Crippen LogP contribution in [-0.4, -0.2) is 23.9 Å². The van der Waals surface area contributed by atoms with Gasteiger partial charge in [0, 0.05) is 17.9 Å². The van der Waals surface area contributed by atoms with E-state index in [-0.39, 0.29) is 17.1 Å². The predicted molar refractivity (Wildman–Crippen MR) is 108 cm³/mol. The zero-order chi connectivity index (χ0) is 21.9. The number of carbonyl (C=O) groups excluding carboxylic acids is 2. The van der Waals surface area contributed by atoms with Crippen molar-refractivity contribution in [2.75, 3.05) is 17.7 Å². The van der Waals surface area contributed by atoms with Crippen LogP contribution in [0, 0.1) is 0 Å². The highest BCUT2D eigenvalue weighted by Crippen LogP contribution is 2.34. The highest BCUT2D eigenvalue weighted by atomic mass is 32.1. The van der Waals surface area contributed by atoms with Crippen LogP contribution in [-0.2, 0) is 11.0 Å². The number of halogens is 3. The Labute approximate surface area is 173 Å². The van der Waals surface area contributed by atoms with Gasteiger partial charge in [0.15, 0.2) is 0 Å². The molecule has 0 unspecified atom stereocenters. The van der Waals surface area contributed by atoms with Crippen LogP contribution in [0.15, 0.2) is 47.8 Å². The fourth-order valence-corrected chi connectivity index (χ4v) is 3.36. The Morgan fingerprint density at radius 1 is 1.03 bits per heavy atom. The van der Waals surface area contributed by atoms with Gasteiger partial charge in [0.25, 0.3) is 5.91 Å². The first-order chi connectivity index (χ1) is 14.2. The second-order valence-electron chi connectivity index (χ2n) is 6.16. The number of benzene rings is 2. The first-order valence-electron chi connectivity index (χ1n) is 8.57. The summed E-state index contributed by atoms with van der Waals surface area (Å²) in [5.74, 6) is -0.513. The van der Waals surface area contributed by atoms with E-state index in [9.17, 15) is 22.8 Å². The smallest absolute Gasteiger partial charge is 0.416 e. The molecule has 0 atom stereocenters. The van der Waals surface area contributed by atoms with Crippen LogP contribution in [0.5, 0.6) is 5.75 Å². The standard InChI is InChI=1S/C20H16F3N3O3S/c1-11(27)24-15-8-5-13(20(21,22)23)9-16(15)25-18(28)17-10-30-19(26-17)12-3-6-14(29-2)7-4-12/h3-10H,1-2H3,(H,24,27)(H,25,28). The molecule has 0 aliphatic heterocycles. The van der Waals surface area contributed by atoms with Crippen molar-refractivity contribution in [1.82, 2.24) is 4.98 Å². The molecule has 10 heteroatoms. The summed E-state index contributed by atoms with van der Waals surface area (Å²) in [7, 11) is 1.55. The molecule has 0 aliphatic carbocycles. The normalized spacial score (nSPS) is 11.1. The monoisotopic (exact) mass is 435 g/mol. The minimum absolute atomic E-state index is 0.0389. The lowest BCUT2D eigenvalue weighted by Gasteiger charge is -2.14. The number of rotatable bonds is 5. The third kappa shape index (κ3) is 4.95. The number of thiazole rings is 1. The van der Waals surface area contributed by atoms with E-state index in [0.29, 0.717) is 10.8 Å². The van der Waals surface area contributed by atoms with Crippen molar-refractivity contribution in [2.45, 2.75) is 13.1 Å². The molecule has 0 radical (unpaired) electrons. The van der Waals surface area contributed by atoms with Gasteiger partial charge in [0.1, 0.15) is 16.5 Å². The van der Waals surface area contributed by atoms with E-state index >= 15 is 0 Å². The summed E-state index contributed by atoms with van der Waals surface area (Å²) in [6, 6.07) is 9.73. The Hall–Kier alpha value is -3.40. The van der Waals surface area contributed by atoms with Crippen LogP contribution in [0.4, 0.5) is 24.5 Å². The van der Waals surface area contributed by atoms with Crippen molar-refractivity contribution in [3.63, 3.8) is 0 Å². The van der Waals surface area contributed by atoms with Gasteiger partial charge in [-0.2, -0.15) is 13.2 Å². The van der Waals surface area contributed by atoms with Gasteiger partial charge in [-0.05, 0) is 42.5 Å². The van der Waals surface area contributed by atoms with Gasteiger partial charge in [-0.3, -0.25) is 9.59 Å². The van der Waals surface area contributed by atoms with E-state index in [0.717, 1.165) is 23.8 Å². The molecule has 3 aromatic rings. The molecule has 2 N–H and O–H groups in total. The molecule has 1 aromatic heterocycles. The van der Waals surface area contributed by atoms with Gasteiger partial charge < -0.3 is 15.4 Å². The zero-order valence-corrected chi connectivity index (χ0v) is 16.6. The Morgan fingerprint density at radius 2 is 1.73 bits per heavy atom. The van der Waals surface area contributed by atoms with Crippen LogP contribution >= 0.6 is 11.3 Å². The maximum absolute atomic E-state index is 13.0. The summed E-state index contributed by atoms with van der Waals surface area (Å²) in [6.07, 6.45) is -4.60. The quantitative estimate of drug-likeness (QED) is 0.588. The first kappa shape index (κ1) is 21.3. The summed E-state index contributed by atoms with van der Waals surface area (Å²) in [5, 5.41) is 6.86. The Kier molecular flexibility index (Phi) is 6.06. The lowest BCUT2D eigenvalue weighted by atomic mass is 10.1. The SMILES string of the molecule is COc1ccc(-c2nc(C(=O)Nc3cc(C(F)(F)F)ccc3NC(C)=O)cs2)cc1. The highest BCUT2D eigenvalue weighted by Gasteiger charge is 2.31. The fraction of sp³-hybridized carbons (Fsp3) is 0.150. The Bertz CT molecular complexity index is 1080. The number of methoxy groups -OCH3 is 1. The lowest BCUT2D eigenvalue weighted by molar-refractivity contribution is -0.137. The Balaban J connectivity index is 1.86. The largest absolute Gasteiger partial charge is 0.497 e. The third-order valence-corrected chi connectivity index (χ3v) is 4.87. The van der Waals surface area contributed by atoms with Gasteiger partial charge >= 0.3 is 6.18 Å². The molecular weight excluding hydrogens is 419 g/mol. The predicted octanol–water partition coefficient (Wildman–Crippen LogP) is 5.05. The summed E-state index contributed by atoms with van der Waals surface area (Å²) in [5.41, 5.74) is -0.280. The zero-order valence-electron chi connectivity index (χ0n) is 15.8. The van der Waals surface area contributed by atoms with Crippen LogP contribution in [0.1, 0.15) is 23.0 Å². The molecule has 0 spiro atoms. The second kappa shape index (κ2) is 8.54. The number of nitrogens with one attached hydrogen (secondary N) is 2. The van der Waals surface area contributed by atoms with Crippen molar-refractivity contribution >= 4 is 34.5 Å². The van der Waals surface area contributed by atoms with E-state index in [4.69, 9.17) is 4.74 Å². The number of carbonyl (C=O) groups is 2. The lowest BCUT2D eigenvalue weighted by Crippen LogP contribution is -2.16. The molecule has 0 bridgehead atoms. The number of alkyl halides is 3. The van der Waals surface area contributed by atoms with Gasteiger partial charge in [-0.1, -0.05) is 0 Å². The average Bonchev–Trinajstić information content (AvgIpc) is 3.18. The van der Waals surface area contributed by atoms with E-state index in [2.05, 4.69) is 15.6 Å². The van der Waals surface area contributed by atoms with Gasteiger partial charge in [0.2, 0.25) is 5.91 Å². The number of hydrogen-bond donors (Lipinski definition) is 2. The van der Waals surface area contributed by atoms with Crippen molar-refractivity contribution in [2.24, 2.45) is 0 Å². The van der Waals surface area contributed by atoms with Crippen molar-refractivity contribution in [3.8, 4) is 16.3 Å². The Morgan fingerprint density at radius 3 is 2.33 bits per heavy atom. The average molecular weight is 435 g/mol. The van der Waals surface area contributed by atoms with Crippen molar-refractivity contribution in [3.05, 3.63) is 59.1 Å². The molecule has 0 saturated heterocycles. The van der Waals surface area contributed by atoms with Crippen LogP contribution in [0.3, 0.4) is 0 Å². The van der Waals surface area contributed by atoms with Crippen LogP contribution in [0.25, 0.3) is 10.6 Å². The minimum Gasteiger partial charge on any atom is -0.497 e. The van der Waals surface area contributed by atoms with Gasteiger partial charge in [0.05, 0.1) is 24.0 Å². The minimum atomic E-state index is -4.60. The molecule has 2 aromatic carbocycles. The molecular formula is C20H16F3N3O3S. The summed E-state index contributed by atoms with van der Waals surface area (Å²) >= 11 is 1.21. The van der Waals surface area contributed by atoms with E-state index < -0.39 is 23.6 Å².